The fraction of sp³-hybridized carbons (Fsp3) is 0.412. The van der Waals surface area contributed by atoms with Gasteiger partial charge in [0.2, 0.25) is 0 Å². The smallest absolute Gasteiger partial charge is 0.173 e. The van der Waals surface area contributed by atoms with Gasteiger partial charge in [-0.05, 0) is 29.9 Å². The summed E-state index contributed by atoms with van der Waals surface area (Å²) < 4.78 is 0. The molecule has 0 saturated carbocycles. The first-order chi connectivity index (χ1) is 9.99. The summed E-state index contributed by atoms with van der Waals surface area (Å²) in [5.41, 5.74) is 4.86. The Labute approximate surface area is 142 Å². The van der Waals surface area contributed by atoms with Gasteiger partial charge in [0.25, 0.3) is 0 Å². The maximum atomic E-state index is 4.68. The van der Waals surface area contributed by atoms with Crippen LogP contribution in [0.4, 0.5) is 5.69 Å². The number of nitrogens with zero attached hydrogens (tertiary/aromatic N) is 4. The van der Waals surface area contributed by atoms with Gasteiger partial charge < -0.3 is 0 Å². The summed E-state index contributed by atoms with van der Waals surface area (Å²) in [6.45, 7) is 10.9. The zero-order valence-corrected chi connectivity index (χ0v) is 14.6. The van der Waals surface area contributed by atoms with Gasteiger partial charge in [0.05, 0.1) is 11.9 Å². The summed E-state index contributed by atoms with van der Waals surface area (Å²) in [6.07, 6.45) is 4.68. The Bertz CT molecular complexity index is 607. The Hall–Kier alpha value is -1.61. The number of aliphatic imine (C=N–C) groups is 1. The Balaban J connectivity index is 0.00000242. The van der Waals surface area contributed by atoms with E-state index in [9.17, 15) is 0 Å². The molecule has 4 nitrogen and oxygen atoms in total. The first-order valence-corrected chi connectivity index (χ1v) is 7.29. The van der Waals surface area contributed by atoms with Gasteiger partial charge in [-0.15, -0.1) is 0 Å². The van der Waals surface area contributed by atoms with Gasteiger partial charge in [0.15, 0.2) is 5.82 Å². The molecule has 1 heterocycles. The van der Waals surface area contributed by atoms with E-state index < -0.39 is 0 Å². The molecule has 2 aromatic rings. The van der Waals surface area contributed by atoms with E-state index in [0.717, 1.165) is 5.69 Å². The number of rotatable bonds is 4. The third kappa shape index (κ3) is 4.44. The fourth-order valence-electron chi connectivity index (χ4n) is 2.30. The van der Waals surface area contributed by atoms with Crippen LogP contribution in [-0.4, -0.2) is 21.2 Å². The van der Waals surface area contributed by atoms with Crippen molar-refractivity contribution in [1.29, 1.82) is 0 Å². The largest absolute Gasteiger partial charge is 0.252 e. The summed E-state index contributed by atoms with van der Waals surface area (Å²) in [7, 11) is 0. The third-order valence-electron chi connectivity index (χ3n) is 3.38. The molecule has 2 rings (SSSR count). The fourth-order valence-corrected chi connectivity index (χ4v) is 2.30. The number of aryl methyl sites for hydroxylation is 1. The molecular weight excluding hydrogens is 319 g/mol. The molecular formula is C17H22N4Ni. The van der Waals surface area contributed by atoms with Crippen LogP contribution in [0.25, 0.3) is 0 Å². The van der Waals surface area contributed by atoms with Crippen LogP contribution in [-0.2, 0) is 16.5 Å². The SMILES string of the molecule is Cc1cc(C(C)C)c(N=Cc2ncncn2)c(C(C)C)c1.[Ni]. The van der Waals surface area contributed by atoms with Gasteiger partial charge in [-0.25, -0.2) is 15.0 Å². The third-order valence-corrected chi connectivity index (χ3v) is 3.38. The van der Waals surface area contributed by atoms with E-state index in [1.165, 1.54) is 29.3 Å². The van der Waals surface area contributed by atoms with E-state index in [0.29, 0.717) is 17.7 Å². The number of benzene rings is 1. The molecule has 0 aliphatic rings. The van der Waals surface area contributed by atoms with Gasteiger partial charge in [-0.3, -0.25) is 4.99 Å². The van der Waals surface area contributed by atoms with Crippen molar-refractivity contribution < 1.29 is 16.5 Å². The molecule has 1 aromatic heterocycles. The van der Waals surface area contributed by atoms with E-state index in [4.69, 9.17) is 0 Å². The molecule has 0 radical (unpaired) electrons. The van der Waals surface area contributed by atoms with Crippen molar-refractivity contribution >= 4 is 11.9 Å². The quantitative estimate of drug-likeness (QED) is 0.619. The number of hydrogen-bond acceptors (Lipinski definition) is 4. The normalized spacial score (nSPS) is 11.2. The van der Waals surface area contributed by atoms with Crippen molar-refractivity contribution in [2.75, 3.05) is 0 Å². The molecule has 0 amide bonds. The van der Waals surface area contributed by atoms with Crippen molar-refractivity contribution in [3.8, 4) is 0 Å². The summed E-state index contributed by atoms with van der Waals surface area (Å²) in [5.74, 6) is 1.43. The van der Waals surface area contributed by atoms with E-state index in [1.807, 2.05) is 0 Å². The molecule has 1 aromatic carbocycles. The monoisotopic (exact) mass is 340 g/mol. The van der Waals surface area contributed by atoms with Crippen molar-refractivity contribution in [3.63, 3.8) is 0 Å². The van der Waals surface area contributed by atoms with Gasteiger partial charge in [0.1, 0.15) is 12.7 Å². The molecule has 0 fully saturated rings. The van der Waals surface area contributed by atoms with E-state index >= 15 is 0 Å². The number of hydrogen-bond donors (Lipinski definition) is 0. The van der Waals surface area contributed by atoms with Crippen LogP contribution in [0, 0.1) is 6.92 Å². The molecule has 0 saturated heterocycles. The molecule has 120 valence electrons. The maximum Gasteiger partial charge on any atom is 0.173 e. The van der Waals surface area contributed by atoms with E-state index in [-0.39, 0.29) is 16.5 Å². The summed E-state index contributed by atoms with van der Waals surface area (Å²) in [4.78, 5) is 16.7. The molecule has 0 bridgehead atoms. The van der Waals surface area contributed by atoms with Crippen LogP contribution in [0.5, 0.6) is 0 Å². The summed E-state index contributed by atoms with van der Waals surface area (Å²) in [6, 6.07) is 4.44. The van der Waals surface area contributed by atoms with Crippen LogP contribution >= 0.6 is 0 Å². The number of aromatic nitrogens is 3. The van der Waals surface area contributed by atoms with Crippen LogP contribution in [0.15, 0.2) is 29.8 Å². The summed E-state index contributed by atoms with van der Waals surface area (Å²) in [5, 5.41) is 0. The van der Waals surface area contributed by atoms with Crippen molar-refractivity contribution in [3.05, 3.63) is 47.3 Å². The van der Waals surface area contributed by atoms with Crippen molar-refractivity contribution in [2.24, 2.45) is 4.99 Å². The van der Waals surface area contributed by atoms with Gasteiger partial charge in [-0.1, -0.05) is 45.4 Å². The molecule has 0 atom stereocenters. The zero-order chi connectivity index (χ0) is 15.4. The van der Waals surface area contributed by atoms with Gasteiger partial charge >= 0.3 is 0 Å². The van der Waals surface area contributed by atoms with E-state index in [1.54, 1.807) is 6.21 Å². The van der Waals surface area contributed by atoms with Crippen LogP contribution in [0.1, 0.15) is 62.0 Å². The Kier molecular flexibility index (Phi) is 6.82. The first-order valence-electron chi connectivity index (χ1n) is 7.29. The second kappa shape index (κ2) is 8.14. The summed E-state index contributed by atoms with van der Waals surface area (Å²) >= 11 is 0. The molecule has 5 heteroatoms. The minimum absolute atomic E-state index is 0. The zero-order valence-electron chi connectivity index (χ0n) is 13.6. The molecule has 22 heavy (non-hydrogen) atoms. The topological polar surface area (TPSA) is 51.0 Å². The minimum atomic E-state index is 0. The van der Waals surface area contributed by atoms with Crippen LogP contribution < -0.4 is 0 Å². The average Bonchev–Trinajstić information content (AvgIpc) is 2.46. The van der Waals surface area contributed by atoms with E-state index in [2.05, 4.69) is 66.7 Å². The second-order valence-corrected chi connectivity index (χ2v) is 5.86. The average molecular weight is 341 g/mol. The Morgan fingerprint density at radius 1 is 0.955 bits per heavy atom. The molecule has 0 spiro atoms. The predicted octanol–water partition coefficient (Wildman–Crippen LogP) is 4.17. The molecule has 0 aliphatic heterocycles. The standard InChI is InChI=1S/C17H22N4.Ni/c1-11(2)14-6-13(5)7-15(12(3)4)17(14)19-8-16-20-9-18-10-21-16;/h6-12H,1-5H3;. The Morgan fingerprint density at radius 2 is 1.45 bits per heavy atom. The van der Waals surface area contributed by atoms with Crippen molar-refractivity contribution in [2.45, 2.75) is 46.5 Å². The second-order valence-electron chi connectivity index (χ2n) is 5.86. The molecule has 0 N–H and O–H groups in total. The predicted molar refractivity (Wildman–Crippen MR) is 86.4 cm³/mol. The molecule has 0 unspecified atom stereocenters. The minimum Gasteiger partial charge on any atom is -0.252 e. The Morgan fingerprint density at radius 3 is 1.91 bits per heavy atom. The molecule has 0 aliphatic carbocycles. The van der Waals surface area contributed by atoms with Crippen LogP contribution in [0.2, 0.25) is 0 Å². The van der Waals surface area contributed by atoms with Gasteiger partial charge in [-0.2, -0.15) is 0 Å². The van der Waals surface area contributed by atoms with Gasteiger partial charge in [0, 0.05) is 16.5 Å². The first kappa shape index (κ1) is 18.4. The maximum absolute atomic E-state index is 4.68. The van der Waals surface area contributed by atoms with Crippen molar-refractivity contribution in [1.82, 2.24) is 15.0 Å². The van der Waals surface area contributed by atoms with Crippen LogP contribution in [0.3, 0.4) is 0 Å².